The zero-order valence-electron chi connectivity index (χ0n) is 14.0. The fourth-order valence-electron chi connectivity index (χ4n) is 2.65. The number of aryl methyl sites for hydroxylation is 1. The highest BCUT2D eigenvalue weighted by Gasteiger charge is 2.11. The Bertz CT molecular complexity index is 651. The van der Waals surface area contributed by atoms with E-state index in [9.17, 15) is 9.59 Å². The van der Waals surface area contributed by atoms with E-state index in [0.717, 1.165) is 30.4 Å². The molecule has 0 radical (unpaired) electrons. The summed E-state index contributed by atoms with van der Waals surface area (Å²) in [5.41, 5.74) is 4.19. The molecule has 0 bridgehead atoms. The van der Waals surface area contributed by atoms with Crippen LogP contribution in [0.2, 0.25) is 0 Å². The molecule has 0 aliphatic heterocycles. The molecule has 0 aliphatic rings. The van der Waals surface area contributed by atoms with Gasteiger partial charge in [0, 0.05) is 12.0 Å². The van der Waals surface area contributed by atoms with Crippen LogP contribution >= 0.6 is 0 Å². The SMILES string of the molecule is CCCC(=O)CC(=O)c1ccc(-c2ccc(CCC)cc2)cc1. The lowest BCUT2D eigenvalue weighted by Gasteiger charge is -2.05. The van der Waals surface area contributed by atoms with Gasteiger partial charge in [0.15, 0.2) is 5.78 Å². The summed E-state index contributed by atoms with van der Waals surface area (Å²) >= 11 is 0. The first-order valence-electron chi connectivity index (χ1n) is 8.38. The van der Waals surface area contributed by atoms with Crippen molar-refractivity contribution in [2.24, 2.45) is 0 Å². The van der Waals surface area contributed by atoms with E-state index in [-0.39, 0.29) is 18.0 Å². The van der Waals surface area contributed by atoms with E-state index < -0.39 is 0 Å². The van der Waals surface area contributed by atoms with Crippen LogP contribution in [0.5, 0.6) is 0 Å². The lowest BCUT2D eigenvalue weighted by Crippen LogP contribution is -2.07. The Balaban J connectivity index is 2.06. The molecule has 0 amide bonds. The first-order valence-corrected chi connectivity index (χ1v) is 8.38. The first-order chi connectivity index (χ1) is 11.1. The molecule has 0 spiro atoms. The standard InChI is InChI=1S/C21H24O2/c1-3-5-16-7-9-17(10-8-16)18-11-13-19(14-12-18)21(23)15-20(22)6-4-2/h7-14H,3-6,15H2,1-2H3. The molecule has 0 aromatic heterocycles. The fraction of sp³-hybridized carbons (Fsp3) is 0.333. The van der Waals surface area contributed by atoms with E-state index in [4.69, 9.17) is 0 Å². The predicted octanol–water partition coefficient (Wildman–Crippen LogP) is 5.25. The molecule has 0 saturated carbocycles. The van der Waals surface area contributed by atoms with E-state index in [2.05, 4.69) is 31.2 Å². The summed E-state index contributed by atoms with van der Waals surface area (Å²) in [5.74, 6) is -0.0682. The number of rotatable bonds is 8. The first kappa shape index (κ1) is 17.1. The Hall–Kier alpha value is -2.22. The van der Waals surface area contributed by atoms with Crippen molar-refractivity contribution in [3.05, 3.63) is 59.7 Å². The highest BCUT2D eigenvalue weighted by molar-refractivity contribution is 6.08. The molecule has 120 valence electrons. The van der Waals surface area contributed by atoms with E-state index in [1.165, 1.54) is 5.56 Å². The van der Waals surface area contributed by atoms with Gasteiger partial charge in [0.05, 0.1) is 6.42 Å². The molecule has 2 aromatic carbocycles. The van der Waals surface area contributed by atoms with E-state index in [1.54, 1.807) is 0 Å². The molecule has 2 heteroatoms. The molecular weight excluding hydrogens is 284 g/mol. The van der Waals surface area contributed by atoms with Gasteiger partial charge in [-0.25, -0.2) is 0 Å². The number of benzene rings is 2. The lowest BCUT2D eigenvalue weighted by molar-refractivity contribution is -0.118. The highest BCUT2D eigenvalue weighted by atomic mass is 16.1. The van der Waals surface area contributed by atoms with Gasteiger partial charge >= 0.3 is 0 Å². The van der Waals surface area contributed by atoms with Gasteiger partial charge in [-0.15, -0.1) is 0 Å². The maximum atomic E-state index is 12.1. The van der Waals surface area contributed by atoms with Gasteiger partial charge in [-0.3, -0.25) is 9.59 Å². The molecular formula is C21H24O2. The molecule has 0 N–H and O–H groups in total. The summed E-state index contributed by atoms with van der Waals surface area (Å²) in [6.45, 7) is 4.12. The minimum Gasteiger partial charge on any atom is -0.299 e. The van der Waals surface area contributed by atoms with Crippen LogP contribution < -0.4 is 0 Å². The highest BCUT2D eigenvalue weighted by Crippen LogP contribution is 2.21. The number of Topliss-reactive ketones (excluding diaryl/α,β-unsaturated/α-hetero) is 2. The van der Waals surface area contributed by atoms with Crippen LogP contribution in [-0.2, 0) is 11.2 Å². The van der Waals surface area contributed by atoms with Crippen molar-refractivity contribution >= 4 is 11.6 Å². The van der Waals surface area contributed by atoms with Crippen molar-refractivity contribution in [1.82, 2.24) is 0 Å². The predicted molar refractivity (Wildman–Crippen MR) is 94.7 cm³/mol. The topological polar surface area (TPSA) is 34.1 Å². The number of ketones is 2. The minimum absolute atomic E-state index is 0.0128. The fourth-order valence-corrected chi connectivity index (χ4v) is 2.65. The minimum atomic E-state index is -0.0895. The van der Waals surface area contributed by atoms with Crippen LogP contribution in [0.15, 0.2) is 48.5 Å². The third-order valence-electron chi connectivity index (χ3n) is 3.92. The zero-order chi connectivity index (χ0) is 16.7. The van der Waals surface area contributed by atoms with Gasteiger partial charge in [0.1, 0.15) is 5.78 Å². The summed E-state index contributed by atoms with van der Waals surface area (Å²) in [7, 11) is 0. The van der Waals surface area contributed by atoms with Crippen LogP contribution in [0.4, 0.5) is 0 Å². The largest absolute Gasteiger partial charge is 0.299 e. The van der Waals surface area contributed by atoms with E-state index in [0.29, 0.717) is 12.0 Å². The Morgan fingerprint density at radius 1 is 0.783 bits per heavy atom. The van der Waals surface area contributed by atoms with E-state index in [1.807, 2.05) is 31.2 Å². The summed E-state index contributed by atoms with van der Waals surface area (Å²) < 4.78 is 0. The van der Waals surface area contributed by atoms with Crippen LogP contribution in [0.25, 0.3) is 11.1 Å². The van der Waals surface area contributed by atoms with Crippen molar-refractivity contribution in [1.29, 1.82) is 0 Å². The summed E-state index contributed by atoms with van der Waals surface area (Å²) in [4.78, 5) is 23.7. The molecule has 2 nitrogen and oxygen atoms in total. The second kappa shape index (κ2) is 8.42. The summed E-state index contributed by atoms with van der Waals surface area (Å²) in [5, 5.41) is 0. The molecule has 0 heterocycles. The molecule has 0 saturated heterocycles. The summed E-state index contributed by atoms with van der Waals surface area (Å²) in [6, 6.07) is 16.1. The molecule has 0 unspecified atom stereocenters. The lowest BCUT2D eigenvalue weighted by atomic mass is 9.98. The van der Waals surface area contributed by atoms with Crippen LogP contribution in [-0.4, -0.2) is 11.6 Å². The molecule has 2 aromatic rings. The Labute approximate surface area is 138 Å². The number of carbonyl (C=O) groups is 2. The molecule has 23 heavy (non-hydrogen) atoms. The van der Waals surface area contributed by atoms with Crippen LogP contribution in [0.3, 0.4) is 0 Å². The van der Waals surface area contributed by atoms with E-state index >= 15 is 0 Å². The van der Waals surface area contributed by atoms with Gasteiger partial charge in [-0.2, -0.15) is 0 Å². The van der Waals surface area contributed by atoms with Crippen LogP contribution in [0, 0.1) is 0 Å². The monoisotopic (exact) mass is 308 g/mol. The molecule has 0 fully saturated rings. The quantitative estimate of drug-likeness (QED) is 0.493. The van der Waals surface area contributed by atoms with Gasteiger partial charge < -0.3 is 0 Å². The number of hydrogen-bond acceptors (Lipinski definition) is 2. The van der Waals surface area contributed by atoms with Crippen LogP contribution in [0.1, 0.15) is 55.5 Å². The van der Waals surface area contributed by atoms with Crippen molar-refractivity contribution < 1.29 is 9.59 Å². The molecule has 2 rings (SSSR count). The third kappa shape index (κ3) is 4.88. The third-order valence-corrected chi connectivity index (χ3v) is 3.92. The second-order valence-electron chi connectivity index (χ2n) is 5.91. The maximum absolute atomic E-state index is 12.1. The Morgan fingerprint density at radius 2 is 1.35 bits per heavy atom. The molecule has 0 aliphatic carbocycles. The Kier molecular flexibility index (Phi) is 6.28. The molecule has 0 atom stereocenters. The van der Waals surface area contributed by atoms with Crippen molar-refractivity contribution in [3.63, 3.8) is 0 Å². The normalized spacial score (nSPS) is 10.5. The van der Waals surface area contributed by atoms with Crippen molar-refractivity contribution in [2.75, 3.05) is 0 Å². The van der Waals surface area contributed by atoms with Gasteiger partial charge in [-0.1, -0.05) is 68.8 Å². The maximum Gasteiger partial charge on any atom is 0.170 e. The average molecular weight is 308 g/mol. The van der Waals surface area contributed by atoms with Gasteiger partial charge in [-0.05, 0) is 29.5 Å². The summed E-state index contributed by atoms with van der Waals surface area (Å²) in [6.07, 6.45) is 3.53. The Morgan fingerprint density at radius 3 is 1.87 bits per heavy atom. The zero-order valence-corrected chi connectivity index (χ0v) is 14.0. The second-order valence-corrected chi connectivity index (χ2v) is 5.91. The average Bonchev–Trinajstić information content (AvgIpc) is 2.56. The van der Waals surface area contributed by atoms with Gasteiger partial charge in [0.25, 0.3) is 0 Å². The van der Waals surface area contributed by atoms with Gasteiger partial charge in [0.2, 0.25) is 0 Å². The number of carbonyl (C=O) groups excluding carboxylic acids is 2. The smallest absolute Gasteiger partial charge is 0.170 e. The van der Waals surface area contributed by atoms with Crippen molar-refractivity contribution in [3.8, 4) is 11.1 Å². The van der Waals surface area contributed by atoms with Crippen molar-refractivity contribution in [2.45, 2.75) is 46.0 Å². The number of hydrogen-bond donors (Lipinski definition) is 0.